The van der Waals surface area contributed by atoms with Gasteiger partial charge in [-0.05, 0) is 41.8 Å². The summed E-state index contributed by atoms with van der Waals surface area (Å²) >= 11 is 6.04. The SMILES string of the molecule is CCC(NCc1cccc(C(N)=O)c1)c1cccc(Cl)c1. The van der Waals surface area contributed by atoms with Crippen LogP contribution in [0.5, 0.6) is 0 Å². The lowest BCUT2D eigenvalue weighted by molar-refractivity contribution is 0.1000. The van der Waals surface area contributed by atoms with E-state index in [4.69, 9.17) is 17.3 Å². The van der Waals surface area contributed by atoms with Gasteiger partial charge in [-0.2, -0.15) is 0 Å². The molecule has 3 N–H and O–H groups in total. The molecule has 0 heterocycles. The molecule has 2 rings (SSSR count). The fourth-order valence-electron chi connectivity index (χ4n) is 2.30. The molecule has 0 fully saturated rings. The van der Waals surface area contributed by atoms with Gasteiger partial charge in [-0.15, -0.1) is 0 Å². The van der Waals surface area contributed by atoms with Crippen molar-refractivity contribution in [2.75, 3.05) is 0 Å². The maximum Gasteiger partial charge on any atom is 0.248 e. The highest BCUT2D eigenvalue weighted by Gasteiger charge is 2.09. The van der Waals surface area contributed by atoms with E-state index in [1.807, 2.05) is 36.4 Å². The molecule has 4 heteroatoms. The Morgan fingerprint density at radius 3 is 2.67 bits per heavy atom. The van der Waals surface area contributed by atoms with E-state index in [1.165, 1.54) is 0 Å². The molecule has 0 aliphatic rings. The third-order valence-corrected chi connectivity index (χ3v) is 3.66. The molecule has 0 aliphatic carbocycles. The average molecular weight is 303 g/mol. The number of rotatable bonds is 6. The van der Waals surface area contributed by atoms with Crippen molar-refractivity contribution in [1.29, 1.82) is 0 Å². The van der Waals surface area contributed by atoms with E-state index in [0.717, 1.165) is 22.6 Å². The molecule has 0 saturated carbocycles. The molecule has 2 aromatic rings. The van der Waals surface area contributed by atoms with Crippen molar-refractivity contribution in [3.8, 4) is 0 Å². The summed E-state index contributed by atoms with van der Waals surface area (Å²) in [4.78, 5) is 11.2. The Balaban J connectivity index is 2.06. The topological polar surface area (TPSA) is 55.1 Å². The highest BCUT2D eigenvalue weighted by molar-refractivity contribution is 6.30. The quantitative estimate of drug-likeness (QED) is 0.855. The van der Waals surface area contributed by atoms with Gasteiger partial charge in [0, 0.05) is 23.2 Å². The molecule has 0 saturated heterocycles. The molecule has 0 bridgehead atoms. The number of primary amides is 1. The fourth-order valence-corrected chi connectivity index (χ4v) is 2.50. The number of halogens is 1. The minimum atomic E-state index is -0.404. The van der Waals surface area contributed by atoms with Crippen LogP contribution in [0, 0.1) is 0 Å². The van der Waals surface area contributed by atoms with Crippen LogP contribution in [0.15, 0.2) is 48.5 Å². The predicted octanol–water partition coefficient (Wildman–Crippen LogP) is 3.68. The minimum absolute atomic E-state index is 0.223. The van der Waals surface area contributed by atoms with Gasteiger partial charge in [-0.25, -0.2) is 0 Å². The van der Waals surface area contributed by atoms with Crippen LogP contribution in [0.4, 0.5) is 0 Å². The zero-order valence-corrected chi connectivity index (χ0v) is 12.7. The number of nitrogens with one attached hydrogen (secondary N) is 1. The molecule has 1 atom stereocenters. The van der Waals surface area contributed by atoms with Crippen LogP contribution in [0.3, 0.4) is 0 Å². The number of carbonyl (C=O) groups is 1. The first-order valence-electron chi connectivity index (χ1n) is 6.97. The van der Waals surface area contributed by atoms with Gasteiger partial charge in [0.2, 0.25) is 5.91 Å². The van der Waals surface area contributed by atoms with E-state index < -0.39 is 5.91 Å². The van der Waals surface area contributed by atoms with Crippen LogP contribution >= 0.6 is 11.6 Å². The van der Waals surface area contributed by atoms with E-state index in [1.54, 1.807) is 6.07 Å². The van der Waals surface area contributed by atoms with Gasteiger partial charge in [0.05, 0.1) is 0 Å². The Hall–Kier alpha value is -1.84. The highest BCUT2D eigenvalue weighted by atomic mass is 35.5. The molecule has 0 aromatic heterocycles. The van der Waals surface area contributed by atoms with Gasteiger partial charge in [-0.3, -0.25) is 4.79 Å². The fraction of sp³-hybridized carbons (Fsp3) is 0.235. The van der Waals surface area contributed by atoms with Gasteiger partial charge >= 0.3 is 0 Å². The van der Waals surface area contributed by atoms with Crippen molar-refractivity contribution in [3.05, 3.63) is 70.2 Å². The standard InChI is InChI=1S/C17H19ClN2O/c1-2-16(13-6-4-8-15(18)10-13)20-11-12-5-3-7-14(9-12)17(19)21/h3-10,16,20H,2,11H2,1H3,(H2,19,21). The van der Waals surface area contributed by atoms with Crippen molar-refractivity contribution in [1.82, 2.24) is 5.32 Å². The zero-order chi connectivity index (χ0) is 15.2. The van der Waals surface area contributed by atoms with Crippen molar-refractivity contribution in [2.45, 2.75) is 25.9 Å². The molecule has 2 aromatic carbocycles. The number of hydrogen-bond donors (Lipinski definition) is 2. The molecular formula is C17H19ClN2O. The summed E-state index contributed by atoms with van der Waals surface area (Å²) in [5, 5.41) is 4.22. The summed E-state index contributed by atoms with van der Waals surface area (Å²) in [6.45, 7) is 2.80. The Morgan fingerprint density at radius 2 is 2.00 bits per heavy atom. The largest absolute Gasteiger partial charge is 0.366 e. The summed E-state index contributed by atoms with van der Waals surface area (Å²) in [6.07, 6.45) is 0.954. The summed E-state index contributed by atoms with van der Waals surface area (Å²) in [7, 11) is 0. The Morgan fingerprint density at radius 1 is 1.24 bits per heavy atom. The third-order valence-electron chi connectivity index (χ3n) is 3.42. The van der Waals surface area contributed by atoms with Gasteiger partial charge in [-0.1, -0.05) is 42.8 Å². The normalized spacial score (nSPS) is 12.1. The van der Waals surface area contributed by atoms with Crippen LogP contribution in [-0.4, -0.2) is 5.91 Å². The molecule has 1 amide bonds. The van der Waals surface area contributed by atoms with Crippen LogP contribution in [0.1, 0.15) is 40.9 Å². The van der Waals surface area contributed by atoms with Crippen molar-refractivity contribution < 1.29 is 4.79 Å². The smallest absolute Gasteiger partial charge is 0.248 e. The summed E-state index contributed by atoms with van der Waals surface area (Å²) < 4.78 is 0. The van der Waals surface area contributed by atoms with E-state index in [0.29, 0.717) is 12.1 Å². The number of nitrogens with two attached hydrogens (primary N) is 1. The molecule has 1 unspecified atom stereocenters. The van der Waals surface area contributed by atoms with Crippen LogP contribution in [0.2, 0.25) is 5.02 Å². The van der Waals surface area contributed by atoms with Gasteiger partial charge in [0.25, 0.3) is 0 Å². The molecule has 0 spiro atoms. The second-order valence-electron chi connectivity index (χ2n) is 4.96. The molecule has 0 radical (unpaired) electrons. The third kappa shape index (κ3) is 4.31. The molecular weight excluding hydrogens is 284 g/mol. The summed E-state index contributed by atoms with van der Waals surface area (Å²) in [6, 6.07) is 15.4. The lowest BCUT2D eigenvalue weighted by Gasteiger charge is -2.18. The van der Waals surface area contributed by atoms with E-state index in [9.17, 15) is 4.79 Å². The second kappa shape index (κ2) is 7.25. The molecule has 3 nitrogen and oxygen atoms in total. The lowest BCUT2D eigenvalue weighted by Crippen LogP contribution is -2.20. The zero-order valence-electron chi connectivity index (χ0n) is 12.0. The maximum atomic E-state index is 11.2. The molecule has 110 valence electrons. The van der Waals surface area contributed by atoms with Gasteiger partial charge in [0.1, 0.15) is 0 Å². The first kappa shape index (κ1) is 15.5. The number of carbonyl (C=O) groups excluding carboxylic acids is 1. The summed E-state index contributed by atoms with van der Waals surface area (Å²) in [5.41, 5.74) is 8.03. The van der Waals surface area contributed by atoms with Crippen molar-refractivity contribution >= 4 is 17.5 Å². The Kier molecular flexibility index (Phi) is 5.37. The van der Waals surface area contributed by atoms with Gasteiger partial charge in [0.15, 0.2) is 0 Å². The minimum Gasteiger partial charge on any atom is -0.366 e. The predicted molar refractivity (Wildman–Crippen MR) is 86.3 cm³/mol. The molecule has 0 aliphatic heterocycles. The van der Waals surface area contributed by atoms with Crippen LogP contribution < -0.4 is 11.1 Å². The van der Waals surface area contributed by atoms with Crippen LogP contribution in [-0.2, 0) is 6.54 Å². The van der Waals surface area contributed by atoms with E-state index in [-0.39, 0.29) is 6.04 Å². The molecule has 21 heavy (non-hydrogen) atoms. The first-order valence-corrected chi connectivity index (χ1v) is 7.35. The van der Waals surface area contributed by atoms with Crippen molar-refractivity contribution in [2.24, 2.45) is 5.73 Å². The number of hydrogen-bond acceptors (Lipinski definition) is 2. The number of benzene rings is 2. The lowest BCUT2D eigenvalue weighted by atomic mass is 10.0. The Bertz CT molecular complexity index is 628. The van der Waals surface area contributed by atoms with Crippen LogP contribution in [0.25, 0.3) is 0 Å². The van der Waals surface area contributed by atoms with E-state index in [2.05, 4.69) is 18.3 Å². The maximum absolute atomic E-state index is 11.2. The second-order valence-corrected chi connectivity index (χ2v) is 5.40. The Labute approximate surface area is 130 Å². The first-order chi connectivity index (χ1) is 10.1. The van der Waals surface area contributed by atoms with Crippen molar-refractivity contribution in [3.63, 3.8) is 0 Å². The van der Waals surface area contributed by atoms with Gasteiger partial charge < -0.3 is 11.1 Å². The summed E-state index contributed by atoms with van der Waals surface area (Å²) in [5.74, 6) is -0.404. The monoisotopic (exact) mass is 302 g/mol. The highest BCUT2D eigenvalue weighted by Crippen LogP contribution is 2.20. The van der Waals surface area contributed by atoms with E-state index >= 15 is 0 Å². The number of amides is 1. The average Bonchev–Trinajstić information content (AvgIpc) is 2.48.